The number of rotatable bonds is 2. The first-order valence-corrected chi connectivity index (χ1v) is 6.17. The number of hydrogen-bond donors (Lipinski definition) is 0. The maximum atomic E-state index is 12.0. The van der Waals surface area contributed by atoms with Gasteiger partial charge in [-0.15, -0.1) is 11.3 Å². The van der Waals surface area contributed by atoms with Crippen LogP contribution in [0.15, 0.2) is 9.85 Å². The number of ether oxygens (including phenoxy) is 1. The van der Waals surface area contributed by atoms with Crippen LogP contribution in [0.5, 0.6) is 0 Å². The highest BCUT2D eigenvalue weighted by Crippen LogP contribution is 2.29. The standard InChI is InChI=1S/C10H11BrO2S/c1-6-8(4-9(11)14-6)10(12)7-2-3-13-5-7/h4,7H,2-3,5H2,1H3. The molecule has 1 unspecified atom stereocenters. The summed E-state index contributed by atoms with van der Waals surface area (Å²) in [4.78, 5) is 13.1. The van der Waals surface area contributed by atoms with E-state index in [-0.39, 0.29) is 11.7 Å². The predicted molar refractivity (Wildman–Crippen MR) is 60.0 cm³/mol. The van der Waals surface area contributed by atoms with Crippen LogP contribution in [-0.4, -0.2) is 19.0 Å². The fourth-order valence-electron chi connectivity index (χ4n) is 1.65. The summed E-state index contributed by atoms with van der Waals surface area (Å²) in [6.07, 6.45) is 0.867. The van der Waals surface area contributed by atoms with Crippen molar-refractivity contribution in [1.82, 2.24) is 0 Å². The minimum Gasteiger partial charge on any atom is -0.381 e. The van der Waals surface area contributed by atoms with Crippen molar-refractivity contribution in [2.45, 2.75) is 13.3 Å². The van der Waals surface area contributed by atoms with Crippen molar-refractivity contribution in [3.8, 4) is 0 Å². The molecule has 2 nitrogen and oxygen atoms in total. The van der Waals surface area contributed by atoms with Crippen molar-refractivity contribution < 1.29 is 9.53 Å². The van der Waals surface area contributed by atoms with Gasteiger partial charge >= 0.3 is 0 Å². The van der Waals surface area contributed by atoms with Crippen LogP contribution in [0.3, 0.4) is 0 Å². The third-order valence-corrected chi connectivity index (χ3v) is 4.01. The Morgan fingerprint density at radius 2 is 2.50 bits per heavy atom. The lowest BCUT2D eigenvalue weighted by molar-refractivity contribution is 0.0900. The van der Waals surface area contributed by atoms with Gasteiger partial charge in [-0.1, -0.05) is 0 Å². The average molecular weight is 275 g/mol. The highest BCUT2D eigenvalue weighted by Gasteiger charge is 2.26. The highest BCUT2D eigenvalue weighted by molar-refractivity contribution is 9.11. The van der Waals surface area contributed by atoms with Crippen LogP contribution in [0, 0.1) is 12.8 Å². The molecular formula is C10H11BrO2S. The molecule has 0 radical (unpaired) electrons. The second kappa shape index (κ2) is 4.13. The minimum atomic E-state index is 0.0789. The van der Waals surface area contributed by atoms with Gasteiger partial charge in [-0.25, -0.2) is 0 Å². The number of carbonyl (C=O) groups excluding carboxylic acids is 1. The van der Waals surface area contributed by atoms with Crippen LogP contribution in [0.25, 0.3) is 0 Å². The van der Waals surface area contributed by atoms with E-state index >= 15 is 0 Å². The molecule has 1 aromatic heterocycles. The van der Waals surface area contributed by atoms with E-state index in [1.165, 1.54) is 0 Å². The maximum absolute atomic E-state index is 12.0. The van der Waals surface area contributed by atoms with E-state index in [4.69, 9.17) is 4.74 Å². The second-order valence-corrected chi connectivity index (χ2v) is 6.08. The Morgan fingerprint density at radius 3 is 3.00 bits per heavy atom. The number of thiophene rings is 1. The Morgan fingerprint density at radius 1 is 1.71 bits per heavy atom. The largest absolute Gasteiger partial charge is 0.381 e. The molecule has 2 rings (SSSR count). The number of hydrogen-bond acceptors (Lipinski definition) is 3. The van der Waals surface area contributed by atoms with Gasteiger partial charge in [0.25, 0.3) is 0 Å². The van der Waals surface area contributed by atoms with E-state index in [0.29, 0.717) is 6.61 Å². The van der Waals surface area contributed by atoms with E-state index < -0.39 is 0 Å². The number of aryl methyl sites for hydroxylation is 1. The van der Waals surface area contributed by atoms with Gasteiger partial charge in [0.05, 0.1) is 10.4 Å². The molecule has 0 aromatic carbocycles. The zero-order valence-electron chi connectivity index (χ0n) is 7.88. The lowest BCUT2D eigenvalue weighted by atomic mass is 9.98. The summed E-state index contributed by atoms with van der Waals surface area (Å²) < 4.78 is 6.24. The molecule has 1 atom stereocenters. The van der Waals surface area contributed by atoms with E-state index in [1.807, 2.05) is 13.0 Å². The summed E-state index contributed by atoms with van der Waals surface area (Å²) in [7, 11) is 0. The molecule has 0 amide bonds. The fraction of sp³-hybridized carbons (Fsp3) is 0.500. The third-order valence-electron chi connectivity index (χ3n) is 2.45. The second-order valence-electron chi connectivity index (χ2n) is 3.45. The molecule has 1 fully saturated rings. The van der Waals surface area contributed by atoms with E-state index in [0.717, 1.165) is 27.3 Å². The summed E-state index contributed by atoms with van der Waals surface area (Å²) in [6, 6.07) is 1.92. The summed E-state index contributed by atoms with van der Waals surface area (Å²) in [5.41, 5.74) is 0.859. The topological polar surface area (TPSA) is 26.3 Å². The quantitative estimate of drug-likeness (QED) is 0.775. The van der Waals surface area contributed by atoms with Crippen molar-refractivity contribution in [2.75, 3.05) is 13.2 Å². The van der Waals surface area contributed by atoms with Crippen molar-refractivity contribution in [3.05, 3.63) is 20.3 Å². The third kappa shape index (κ3) is 1.92. The molecule has 1 aliphatic rings. The first-order valence-electron chi connectivity index (χ1n) is 4.56. The molecule has 1 aromatic rings. The van der Waals surface area contributed by atoms with Crippen LogP contribution in [0.1, 0.15) is 21.7 Å². The molecule has 2 heterocycles. The number of halogens is 1. The van der Waals surface area contributed by atoms with Gasteiger partial charge in [0.1, 0.15) is 0 Å². The van der Waals surface area contributed by atoms with Crippen LogP contribution in [0.2, 0.25) is 0 Å². The summed E-state index contributed by atoms with van der Waals surface area (Å²) >= 11 is 5.01. The SMILES string of the molecule is Cc1sc(Br)cc1C(=O)C1CCOC1. The molecule has 0 aliphatic carbocycles. The summed E-state index contributed by atoms with van der Waals surface area (Å²) in [5.74, 6) is 0.317. The smallest absolute Gasteiger partial charge is 0.169 e. The molecule has 14 heavy (non-hydrogen) atoms. The maximum Gasteiger partial charge on any atom is 0.169 e. The predicted octanol–water partition coefficient (Wildman–Crippen LogP) is 3.04. The van der Waals surface area contributed by atoms with E-state index in [9.17, 15) is 4.79 Å². The van der Waals surface area contributed by atoms with Crippen molar-refractivity contribution in [3.63, 3.8) is 0 Å². The van der Waals surface area contributed by atoms with Crippen molar-refractivity contribution >= 4 is 33.0 Å². The summed E-state index contributed by atoms with van der Waals surface area (Å²) in [6.45, 7) is 3.30. The summed E-state index contributed by atoms with van der Waals surface area (Å²) in [5, 5.41) is 0. The van der Waals surface area contributed by atoms with Gasteiger partial charge < -0.3 is 4.74 Å². The highest BCUT2D eigenvalue weighted by atomic mass is 79.9. The molecule has 0 saturated carbocycles. The molecule has 0 N–H and O–H groups in total. The van der Waals surface area contributed by atoms with Gasteiger partial charge in [0.15, 0.2) is 5.78 Å². The van der Waals surface area contributed by atoms with Gasteiger partial charge in [-0.3, -0.25) is 4.79 Å². The molecule has 0 spiro atoms. The lowest BCUT2D eigenvalue weighted by Crippen LogP contribution is -2.14. The van der Waals surface area contributed by atoms with Crippen molar-refractivity contribution in [1.29, 1.82) is 0 Å². The Kier molecular flexibility index (Phi) is 3.04. The number of Topliss-reactive ketones (excluding diaryl/α,β-unsaturated/α-hetero) is 1. The first kappa shape index (κ1) is 10.3. The monoisotopic (exact) mass is 274 g/mol. The Hall–Kier alpha value is -0.190. The normalized spacial score (nSPS) is 21.4. The van der Waals surface area contributed by atoms with Crippen molar-refractivity contribution in [2.24, 2.45) is 5.92 Å². The Bertz CT molecular complexity index is 353. The van der Waals surface area contributed by atoms with E-state index in [2.05, 4.69) is 15.9 Å². The lowest BCUT2D eigenvalue weighted by Gasteiger charge is -2.04. The molecule has 76 valence electrons. The van der Waals surface area contributed by atoms with Crippen LogP contribution in [-0.2, 0) is 4.74 Å². The first-order chi connectivity index (χ1) is 6.68. The van der Waals surface area contributed by atoms with Crippen LogP contribution >= 0.6 is 27.3 Å². The van der Waals surface area contributed by atoms with E-state index in [1.54, 1.807) is 11.3 Å². The molecule has 4 heteroatoms. The zero-order valence-corrected chi connectivity index (χ0v) is 10.3. The van der Waals surface area contributed by atoms with Gasteiger partial charge in [-0.2, -0.15) is 0 Å². The molecule has 0 bridgehead atoms. The molecular weight excluding hydrogens is 264 g/mol. The number of ketones is 1. The van der Waals surface area contributed by atoms with Gasteiger partial charge in [-0.05, 0) is 35.3 Å². The molecule has 1 aliphatic heterocycles. The van der Waals surface area contributed by atoms with Gasteiger partial charge in [0, 0.05) is 23.0 Å². The van der Waals surface area contributed by atoms with Crippen LogP contribution in [0.4, 0.5) is 0 Å². The van der Waals surface area contributed by atoms with Crippen LogP contribution < -0.4 is 0 Å². The zero-order chi connectivity index (χ0) is 10.1. The molecule has 1 saturated heterocycles. The fourth-order valence-corrected chi connectivity index (χ4v) is 3.35. The Balaban J connectivity index is 2.21. The average Bonchev–Trinajstić information content (AvgIpc) is 2.73. The number of carbonyl (C=O) groups is 1. The van der Waals surface area contributed by atoms with Gasteiger partial charge in [0.2, 0.25) is 0 Å². The minimum absolute atomic E-state index is 0.0789. The Labute approximate surface area is 95.4 Å².